The van der Waals surface area contributed by atoms with E-state index in [2.05, 4.69) is 10.6 Å². The van der Waals surface area contributed by atoms with E-state index in [1.54, 1.807) is 0 Å². The molecule has 5 N–H and O–H groups in total. The number of phenolic OH excluding ortho intramolecular Hbond substituents is 2. The number of urea groups is 1. The normalized spacial score (nSPS) is 16.3. The summed E-state index contributed by atoms with van der Waals surface area (Å²) in [6.45, 7) is 0.554. The van der Waals surface area contributed by atoms with Gasteiger partial charge in [0.1, 0.15) is 6.04 Å². The van der Waals surface area contributed by atoms with Crippen molar-refractivity contribution in [3.8, 4) is 11.5 Å². The average molecular weight is 336 g/mol. The number of hydrogen-bond acceptors (Lipinski definition) is 4. The van der Waals surface area contributed by atoms with Crippen molar-refractivity contribution < 1.29 is 24.9 Å². The Labute approximate surface area is 140 Å². The Morgan fingerprint density at radius 1 is 1.12 bits per heavy atom. The van der Waals surface area contributed by atoms with Gasteiger partial charge in [-0.25, -0.2) is 9.59 Å². The maximum atomic E-state index is 11.9. The zero-order valence-electron chi connectivity index (χ0n) is 13.5. The Morgan fingerprint density at radius 3 is 2.46 bits per heavy atom. The van der Waals surface area contributed by atoms with E-state index in [-0.39, 0.29) is 17.9 Å². The molecule has 2 amide bonds. The highest BCUT2D eigenvalue weighted by molar-refractivity contribution is 5.82. The largest absolute Gasteiger partial charge is 0.504 e. The number of hydrogen-bond donors (Lipinski definition) is 5. The van der Waals surface area contributed by atoms with E-state index in [4.69, 9.17) is 0 Å². The minimum absolute atomic E-state index is 0.0139. The van der Waals surface area contributed by atoms with Gasteiger partial charge in [-0.15, -0.1) is 0 Å². The lowest BCUT2D eigenvalue weighted by molar-refractivity contribution is -0.139. The van der Waals surface area contributed by atoms with Crippen LogP contribution in [0.3, 0.4) is 0 Å². The van der Waals surface area contributed by atoms with Crippen LogP contribution in [-0.4, -0.2) is 39.9 Å². The Kier molecular flexibility index (Phi) is 6.28. The summed E-state index contributed by atoms with van der Waals surface area (Å²) in [5, 5.41) is 33.2. The topological polar surface area (TPSA) is 119 Å². The van der Waals surface area contributed by atoms with E-state index >= 15 is 0 Å². The second-order valence-corrected chi connectivity index (χ2v) is 6.28. The second kappa shape index (κ2) is 8.42. The van der Waals surface area contributed by atoms with Gasteiger partial charge in [0, 0.05) is 13.0 Å². The van der Waals surface area contributed by atoms with Crippen LogP contribution in [0.5, 0.6) is 11.5 Å². The van der Waals surface area contributed by atoms with Crippen LogP contribution in [-0.2, 0) is 11.2 Å². The molecule has 0 saturated heterocycles. The molecular formula is C17H24N2O5. The Bertz CT molecular complexity index is 584. The van der Waals surface area contributed by atoms with Crippen LogP contribution < -0.4 is 10.6 Å². The molecule has 2 rings (SSSR count). The summed E-state index contributed by atoms with van der Waals surface area (Å²) in [6.07, 6.45) is 5.79. The van der Waals surface area contributed by atoms with Crippen molar-refractivity contribution in [2.45, 2.75) is 44.6 Å². The first-order valence-electron chi connectivity index (χ1n) is 8.23. The summed E-state index contributed by atoms with van der Waals surface area (Å²) >= 11 is 0. The van der Waals surface area contributed by atoms with Crippen LogP contribution in [0.25, 0.3) is 0 Å². The van der Waals surface area contributed by atoms with E-state index in [9.17, 15) is 24.9 Å². The molecule has 1 aliphatic rings. The lowest BCUT2D eigenvalue weighted by Crippen LogP contribution is -2.48. The Morgan fingerprint density at radius 2 is 1.83 bits per heavy atom. The first-order valence-corrected chi connectivity index (χ1v) is 8.23. The molecule has 7 heteroatoms. The van der Waals surface area contributed by atoms with Gasteiger partial charge in [-0.3, -0.25) is 0 Å². The summed E-state index contributed by atoms with van der Waals surface area (Å²) in [4.78, 5) is 23.3. The SMILES string of the molecule is O=C(NCC1CCCCC1)N[C@@H](Cc1ccc(O)c(O)c1)C(=O)O. The first-order chi connectivity index (χ1) is 11.5. The summed E-state index contributed by atoms with van der Waals surface area (Å²) in [7, 11) is 0. The lowest BCUT2D eigenvalue weighted by Gasteiger charge is -2.22. The van der Waals surface area contributed by atoms with Crippen molar-refractivity contribution >= 4 is 12.0 Å². The van der Waals surface area contributed by atoms with E-state index in [0.717, 1.165) is 12.8 Å². The predicted molar refractivity (Wildman–Crippen MR) is 88.0 cm³/mol. The van der Waals surface area contributed by atoms with Crippen LogP contribution in [0.4, 0.5) is 4.79 Å². The number of rotatable bonds is 6. The lowest BCUT2D eigenvalue weighted by atomic mass is 9.89. The second-order valence-electron chi connectivity index (χ2n) is 6.28. The van der Waals surface area contributed by atoms with Crippen molar-refractivity contribution in [1.82, 2.24) is 10.6 Å². The number of aromatic hydroxyl groups is 2. The summed E-state index contributed by atoms with van der Waals surface area (Å²) in [5.41, 5.74) is 0.505. The molecule has 1 atom stereocenters. The Balaban J connectivity index is 1.86. The van der Waals surface area contributed by atoms with Crippen LogP contribution in [0.1, 0.15) is 37.7 Å². The van der Waals surface area contributed by atoms with Gasteiger partial charge in [-0.1, -0.05) is 25.3 Å². The molecule has 0 heterocycles. The molecule has 0 unspecified atom stereocenters. The van der Waals surface area contributed by atoms with Gasteiger partial charge in [0.05, 0.1) is 0 Å². The quantitative estimate of drug-likeness (QED) is 0.509. The van der Waals surface area contributed by atoms with Gasteiger partial charge in [-0.2, -0.15) is 0 Å². The Hall–Kier alpha value is -2.44. The van der Waals surface area contributed by atoms with Crippen molar-refractivity contribution in [2.24, 2.45) is 5.92 Å². The fourth-order valence-electron chi connectivity index (χ4n) is 2.97. The molecule has 1 aromatic carbocycles. The fraction of sp³-hybridized carbons (Fsp3) is 0.529. The molecule has 1 aromatic rings. The van der Waals surface area contributed by atoms with Crippen LogP contribution in [0.15, 0.2) is 18.2 Å². The maximum Gasteiger partial charge on any atom is 0.326 e. The molecule has 1 aliphatic carbocycles. The van der Waals surface area contributed by atoms with E-state index in [1.807, 2.05) is 0 Å². The first kappa shape index (κ1) is 17.9. The molecule has 24 heavy (non-hydrogen) atoms. The highest BCUT2D eigenvalue weighted by Gasteiger charge is 2.21. The smallest absolute Gasteiger partial charge is 0.326 e. The van der Waals surface area contributed by atoms with Gasteiger partial charge < -0.3 is 26.0 Å². The molecular weight excluding hydrogens is 312 g/mol. The van der Waals surface area contributed by atoms with E-state index in [1.165, 1.54) is 37.5 Å². The number of aliphatic carboxylic acids is 1. The highest BCUT2D eigenvalue weighted by Crippen LogP contribution is 2.25. The molecule has 132 valence electrons. The molecule has 0 bridgehead atoms. The summed E-state index contributed by atoms with van der Waals surface area (Å²) in [6, 6.07) is 2.46. The molecule has 1 saturated carbocycles. The number of carboxylic acids is 1. The maximum absolute atomic E-state index is 11.9. The van der Waals surface area contributed by atoms with Crippen molar-refractivity contribution in [3.05, 3.63) is 23.8 Å². The van der Waals surface area contributed by atoms with Crippen molar-refractivity contribution in [1.29, 1.82) is 0 Å². The number of benzene rings is 1. The molecule has 7 nitrogen and oxygen atoms in total. The van der Waals surface area contributed by atoms with E-state index in [0.29, 0.717) is 18.0 Å². The number of nitrogens with one attached hydrogen (secondary N) is 2. The summed E-state index contributed by atoms with van der Waals surface area (Å²) in [5.74, 6) is -1.29. The molecule has 1 fully saturated rings. The number of amides is 2. The standard InChI is InChI=1S/C17H24N2O5/c20-14-7-6-12(9-15(14)21)8-13(16(22)23)19-17(24)18-10-11-4-2-1-3-5-11/h6-7,9,11,13,20-21H,1-5,8,10H2,(H,22,23)(H2,18,19,24)/t13-/m0/s1. The van der Waals surface area contributed by atoms with Crippen LogP contribution >= 0.6 is 0 Å². The number of carboxylic acid groups (broad SMARTS) is 1. The molecule has 0 spiro atoms. The van der Waals surface area contributed by atoms with Crippen molar-refractivity contribution in [2.75, 3.05) is 6.54 Å². The number of carbonyl (C=O) groups is 2. The minimum atomic E-state index is -1.16. The van der Waals surface area contributed by atoms with Crippen molar-refractivity contribution in [3.63, 3.8) is 0 Å². The summed E-state index contributed by atoms with van der Waals surface area (Å²) < 4.78 is 0. The van der Waals surface area contributed by atoms with Gasteiger partial charge in [0.15, 0.2) is 11.5 Å². The molecule has 0 radical (unpaired) electrons. The minimum Gasteiger partial charge on any atom is -0.504 e. The third-order valence-corrected chi connectivity index (χ3v) is 4.36. The van der Waals surface area contributed by atoms with Gasteiger partial charge >= 0.3 is 12.0 Å². The van der Waals surface area contributed by atoms with Gasteiger partial charge in [0.25, 0.3) is 0 Å². The molecule has 0 aromatic heterocycles. The van der Waals surface area contributed by atoms with Gasteiger partial charge in [0.2, 0.25) is 0 Å². The van der Waals surface area contributed by atoms with E-state index < -0.39 is 18.0 Å². The fourth-order valence-corrected chi connectivity index (χ4v) is 2.97. The van der Waals surface area contributed by atoms with Gasteiger partial charge in [-0.05, 0) is 36.5 Å². The highest BCUT2D eigenvalue weighted by atomic mass is 16.4. The molecule has 0 aliphatic heterocycles. The van der Waals surface area contributed by atoms with Crippen LogP contribution in [0, 0.1) is 5.92 Å². The third-order valence-electron chi connectivity index (χ3n) is 4.36. The third kappa shape index (κ3) is 5.33. The number of phenols is 2. The number of carbonyl (C=O) groups excluding carboxylic acids is 1. The van der Waals surface area contributed by atoms with Crippen LogP contribution in [0.2, 0.25) is 0 Å². The zero-order valence-corrected chi connectivity index (χ0v) is 13.5. The average Bonchev–Trinajstić information content (AvgIpc) is 2.56. The predicted octanol–water partition coefficient (Wildman–Crippen LogP) is 1.97. The monoisotopic (exact) mass is 336 g/mol. The zero-order chi connectivity index (χ0) is 17.5.